The fourth-order valence-corrected chi connectivity index (χ4v) is 4.37. The maximum Gasteiger partial charge on any atom is 0.407 e. The average Bonchev–Trinajstić information content (AvgIpc) is 3.23. The molecule has 0 unspecified atom stereocenters. The largest absolute Gasteiger partial charge is 0.497 e. The molecule has 2 N–H and O–H groups in total. The minimum atomic E-state index is -1.43. The zero-order chi connectivity index (χ0) is 26.4. The number of amides is 1. The predicted molar refractivity (Wildman–Crippen MR) is 134 cm³/mol. The van der Waals surface area contributed by atoms with E-state index in [-0.39, 0.29) is 19.1 Å². The first-order valence-electron chi connectivity index (χ1n) is 11.6. The topological polar surface area (TPSA) is 120 Å². The zero-order valence-corrected chi connectivity index (χ0v) is 20.4. The molecule has 0 saturated carbocycles. The number of methoxy groups -OCH3 is 2. The Labute approximate surface area is 213 Å². The number of hydrogen-bond acceptors (Lipinski definition) is 7. The van der Waals surface area contributed by atoms with E-state index >= 15 is 0 Å². The molecule has 0 heterocycles. The van der Waals surface area contributed by atoms with Crippen LogP contribution in [0.15, 0.2) is 66.7 Å². The maximum atomic E-state index is 12.7. The van der Waals surface area contributed by atoms with E-state index in [2.05, 4.69) is 5.32 Å². The van der Waals surface area contributed by atoms with Gasteiger partial charge in [-0.25, -0.2) is 9.59 Å². The van der Waals surface area contributed by atoms with E-state index in [0.29, 0.717) is 17.1 Å². The van der Waals surface area contributed by atoms with Gasteiger partial charge in [0.1, 0.15) is 30.8 Å². The summed E-state index contributed by atoms with van der Waals surface area (Å²) in [5, 5.41) is 11.6. The highest BCUT2D eigenvalue weighted by Gasteiger charge is 2.30. The molecule has 4 rings (SSSR count). The van der Waals surface area contributed by atoms with Crippen molar-refractivity contribution in [2.45, 2.75) is 25.0 Å². The molecule has 0 fully saturated rings. The van der Waals surface area contributed by atoms with E-state index in [4.69, 9.17) is 18.9 Å². The maximum absolute atomic E-state index is 12.7. The van der Waals surface area contributed by atoms with E-state index in [9.17, 15) is 19.5 Å². The number of esters is 1. The summed E-state index contributed by atoms with van der Waals surface area (Å²) in [6.07, 6.45) is -1.57. The van der Waals surface area contributed by atoms with Crippen molar-refractivity contribution in [3.63, 3.8) is 0 Å². The van der Waals surface area contributed by atoms with Crippen molar-refractivity contribution in [1.82, 2.24) is 5.32 Å². The van der Waals surface area contributed by atoms with Crippen LogP contribution in [0.2, 0.25) is 0 Å². The number of nitrogens with one attached hydrogen (secondary N) is 1. The standard InChI is InChI=1S/C28H27NO8/c1-34-18-12-11-17(25(13-18)35-2)15-36-27(32)24(14-26(30)31)29-28(33)37-16-23-21-9-5-3-7-19(21)20-8-4-6-10-22(20)23/h3-13,23-24H,14-16H2,1-2H3,(H,29,33)(H,30,31)/t24-/m0/s1. The first-order valence-corrected chi connectivity index (χ1v) is 11.6. The number of hydrogen-bond donors (Lipinski definition) is 2. The molecular weight excluding hydrogens is 478 g/mol. The lowest BCUT2D eigenvalue weighted by Gasteiger charge is -2.18. The number of carboxylic acid groups (broad SMARTS) is 1. The highest BCUT2D eigenvalue weighted by atomic mass is 16.6. The third-order valence-corrected chi connectivity index (χ3v) is 6.16. The van der Waals surface area contributed by atoms with Crippen LogP contribution < -0.4 is 14.8 Å². The van der Waals surface area contributed by atoms with E-state index in [1.807, 2.05) is 48.5 Å². The third kappa shape index (κ3) is 5.83. The number of carbonyl (C=O) groups excluding carboxylic acids is 2. The van der Waals surface area contributed by atoms with E-state index < -0.39 is 30.5 Å². The molecule has 0 saturated heterocycles. The van der Waals surface area contributed by atoms with Crippen molar-refractivity contribution >= 4 is 18.0 Å². The number of carboxylic acids is 1. The molecule has 9 nitrogen and oxygen atoms in total. The van der Waals surface area contributed by atoms with E-state index in [1.165, 1.54) is 14.2 Å². The first-order chi connectivity index (χ1) is 17.9. The Balaban J connectivity index is 1.39. The molecule has 1 atom stereocenters. The van der Waals surface area contributed by atoms with Crippen LogP contribution >= 0.6 is 0 Å². The summed E-state index contributed by atoms with van der Waals surface area (Å²) in [5.41, 5.74) is 4.77. The van der Waals surface area contributed by atoms with Crippen LogP contribution in [-0.4, -0.2) is 50.0 Å². The van der Waals surface area contributed by atoms with Crippen LogP contribution in [0, 0.1) is 0 Å². The smallest absolute Gasteiger partial charge is 0.407 e. The normalized spacial score (nSPS) is 12.6. The number of rotatable bonds is 10. The fourth-order valence-electron chi connectivity index (χ4n) is 4.37. The number of aliphatic carboxylic acids is 1. The van der Waals surface area contributed by atoms with Crippen LogP contribution in [0.25, 0.3) is 11.1 Å². The molecule has 37 heavy (non-hydrogen) atoms. The Hall–Kier alpha value is -4.53. The van der Waals surface area contributed by atoms with Gasteiger partial charge in [-0.3, -0.25) is 4.79 Å². The van der Waals surface area contributed by atoms with Crippen LogP contribution in [0.5, 0.6) is 11.5 Å². The second kappa shape index (κ2) is 11.5. The Morgan fingerprint density at radius 2 is 1.54 bits per heavy atom. The second-order valence-electron chi connectivity index (χ2n) is 8.41. The van der Waals surface area contributed by atoms with Crippen molar-refractivity contribution in [2.75, 3.05) is 20.8 Å². The Bertz CT molecular complexity index is 1260. The molecule has 3 aromatic carbocycles. The van der Waals surface area contributed by atoms with Crippen molar-refractivity contribution in [2.24, 2.45) is 0 Å². The number of benzene rings is 3. The highest BCUT2D eigenvalue weighted by molar-refractivity contribution is 5.86. The van der Waals surface area contributed by atoms with Crippen LogP contribution in [0.3, 0.4) is 0 Å². The van der Waals surface area contributed by atoms with Crippen LogP contribution in [-0.2, 0) is 25.7 Å². The number of fused-ring (bicyclic) bond motifs is 3. The summed E-state index contributed by atoms with van der Waals surface area (Å²) < 4.78 is 21.2. The molecular formula is C28H27NO8. The lowest BCUT2D eigenvalue weighted by Crippen LogP contribution is -2.43. The van der Waals surface area contributed by atoms with Gasteiger partial charge in [-0.1, -0.05) is 48.5 Å². The van der Waals surface area contributed by atoms with Gasteiger partial charge >= 0.3 is 18.0 Å². The lowest BCUT2D eigenvalue weighted by atomic mass is 9.98. The average molecular weight is 506 g/mol. The van der Waals surface area contributed by atoms with E-state index in [1.54, 1.807) is 18.2 Å². The molecule has 0 spiro atoms. The summed E-state index contributed by atoms with van der Waals surface area (Å²) in [6.45, 7) is -0.160. The van der Waals surface area contributed by atoms with Crippen LogP contribution in [0.4, 0.5) is 4.79 Å². The highest BCUT2D eigenvalue weighted by Crippen LogP contribution is 2.44. The third-order valence-electron chi connectivity index (χ3n) is 6.16. The van der Waals surface area contributed by atoms with E-state index in [0.717, 1.165) is 22.3 Å². The van der Waals surface area contributed by atoms with Gasteiger partial charge in [0.25, 0.3) is 0 Å². The minimum absolute atomic E-state index is 0.0255. The lowest BCUT2D eigenvalue weighted by molar-refractivity contribution is -0.151. The quantitative estimate of drug-likeness (QED) is 0.395. The molecule has 0 aliphatic heterocycles. The summed E-state index contributed by atoms with van der Waals surface area (Å²) in [4.78, 5) is 36.6. The van der Waals surface area contributed by atoms with Crippen molar-refractivity contribution in [3.8, 4) is 22.6 Å². The monoisotopic (exact) mass is 505 g/mol. The molecule has 0 radical (unpaired) electrons. The predicted octanol–water partition coefficient (Wildman–Crippen LogP) is 4.13. The molecule has 1 amide bonds. The summed E-state index contributed by atoms with van der Waals surface area (Å²) in [7, 11) is 2.98. The van der Waals surface area contributed by atoms with Crippen molar-refractivity contribution in [1.29, 1.82) is 0 Å². The number of ether oxygens (including phenoxy) is 4. The van der Waals surface area contributed by atoms with Gasteiger partial charge in [0.05, 0.1) is 20.6 Å². The SMILES string of the molecule is COc1ccc(COC(=O)[C@H](CC(=O)O)NC(=O)OCC2c3ccccc3-c3ccccc32)c(OC)c1. The van der Waals surface area contributed by atoms with Gasteiger partial charge in [0, 0.05) is 17.5 Å². The summed E-state index contributed by atoms with van der Waals surface area (Å²) >= 11 is 0. The van der Waals surface area contributed by atoms with Crippen molar-refractivity contribution < 1.29 is 38.4 Å². The minimum Gasteiger partial charge on any atom is -0.497 e. The van der Waals surface area contributed by atoms with Gasteiger partial charge in [0.15, 0.2) is 0 Å². The molecule has 9 heteroatoms. The zero-order valence-electron chi connectivity index (χ0n) is 20.4. The summed E-state index contributed by atoms with van der Waals surface area (Å²) in [6, 6.07) is 19.3. The van der Waals surface area contributed by atoms with Crippen molar-refractivity contribution in [3.05, 3.63) is 83.4 Å². The molecule has 192 valence electrons. The van der Waals surface area contributed by atoms with Gasteiger partial charge in [-0.15, -0.1) is 0 Å². The van der Waals surface area contributed by atoms with Gasteiger partial charge in [-0.2, -0.15) is 0 Å². The summed E-state index contributed by atoms with van der Waals surface area (Å²) in [5.74, 6) is -1.36. The molecule has 1 aliphatic rings. The Morgan fingerprint density at radius 3 is 2.14 bits per heavy atom. The van der Waals surface area contributed by atoms with Gasteiger partial charge in [0.2, 0.25) is 0 Å². The molecule has 1 aliphatic carbocycles. The Kier molecular flexibility index (Phi) is 7.92. The van der Waals surface area contributed by atoms with Gasteiger partial charge in [-0.05, 0) is 34.4 Å². The number of alkyl carbamates (subject to hydrolysis) is 1. The van der Waals surface area contributed by atoms with Crippen LogP contribution in [0.1, 0.15) is 29.0 Å². The number of carbonyl (C=O) groups is 3. The second-order valence-corrected chi connectivity index (χ2v) is 8.41. The Morgan fingerprint density at radius 1 is 0.892 bits per heavy atom. The fraction of sp³-hybridized carbons (Fsp3) is 0.250. The van der Waals surface area contributed by atoms with Gasteiger partial charge < -0.3 is 29.4 Å². The first kappa shape index (κ1) is 25.6. The molecule has 3 aromatic rings. The molecule has 0 aromatic heterocycles. The molecule has 0 bridgehead atoms.